The molecule has 2 unspecified atom stereocenters. The summed E-state index contributed by atoms with van der Waals surface area (Å²) in [6, 6.07) is 4.43. The van der Waals surface area contributed by atoms with Crippen molar-refractivity contribution in [3.05, 3.63) is 77.7 Å². The Kier molecular flexibility index (Phi) is 10.0. The Morgan fingerprint density at radius 2 is 1.83 bits per heavy atom. The van der Waals surface area contributed by atoms with Crippen LogP contribution in [0.3, 0.4) is 0 Å². The number of hydrogen-bond donors (Lipinski definition) is 0. The minimum absolute atomic E-state index is 0.163. The van der Waals surface area contributed by atoms with Crippen LogP contribution >= 0.6 is 0 Å². The third-order valence-corrected chi connectivity index (χ3v) is 9.59. The second-order valence-corrected chi connectivity index (χ2v) is 12.9. The van der Waals surface area contributed by atoms with E-state index in [0.29, 0.717) is 17.3 Å². The molecule has 2 atom stereocenters. The van der Waals surface area contributed by atoms with Gasteiger partial charge in [0.15, 0.2) is 0 Å². The van der Waals surface area contributed by atoms with Crippen molar-refractivity contribution >= 4 is 0 Å². The predicted molar refractivity (Wildman–Crippen MR) is 158 cm³/mol. The van der Waals surface area contributed by atoms with Crippen LogP contribution < -0.4 is 0 Å². The van der Waals surface area contributed by atoms with E-state index in [2.05, 4.69) is 90.2 Å². The van der Waals surface area contributed by atoms with E-state index in [1.165, 1.54) is 80.1 Å². The Labute approximate surface area is 223 Å². The molecule has 0 aromatic carbocycles. The first kappa shape index (κ1) is 28.7. The summed E-state index contributed by atoms with van der Waals surface area (Å²) in [5, 5.41) is 0. The van der Waals surface area contributed by atoms with E-state index in [1.54, 1.807) is 0 Å². The first-order chi connectivity index (χ1) is 17.1. The van der Waals surface area contributed by atoms with E-state index in [-0.39, 0.29) is 5.41 Å². The number of pyridine rings is 1. The van der Waals surface area contributed by atoms with Gasteiger partial charge in [-0.1, -0.05) is 84.4 Å². The van der Waals surface area contributed by atoms with Crippen molar-refractivity contribution in [2.45, 2.75) is 118 Å². The molecule has 2 fully saturated rings. The Balaban J connectivity index is 1.70. The standard InChI is InChI=1S/C35H53N/c1-9-12-30-22-33(32-13-11-20-36-25-32)24-35(23-30)18-16-34(8,17-19-35)29(7)28(6)14-15-31(21-26(3)4)27(5)10-2/h11,13-15,20,25-26,30,33H,6-7,9-10,12,16-19,21-24H2,1-5,8H3/b15-14-,31-27-. The maximum atomic E-state index is 4.62. The molecule has 2 saturated carbocycles. The van der Waals surface area contributed by atoms with Gasteiger partial charge in [-0.3, -0.25) is 4.98 Å². The molecule has 0 N–H and O–H groups in total. The summed E-state index contributed by atoms with van der Waals surface area (Å²) in [7, 11) is 0. The molecular weight excluding hydrogens is 434 g/mol. The topological polar surface area (TPSA) is 12.9 Å². The van der Waals surface area contributed by atoms with Crippen molar-refractivity contribution in [1.82, 2.24) is 4.98 Å². The van der Waals surface area contributed by atoms with Gasteiger partial charge >= 0.3 is 0 Å². The van der Waals surface area contributed by atoms with Gasteiger partial charge in [0.1, 0.15) is 0 Å². The molecule has 1 aromatic heterocycles. The van der Waals surface area contributed by atoms with E-state index < -0.39 is 0 Å². The fourth-order valence-corrected chi connectivity index (χ4v) is 7.07. The van der Waals surface area contributed by atoms with Crippen molar-refractivity contribution in [1.29, 1.82) is 0 Å². The first-order valence-corrected chi connectivity index (χ1v) is 14.8. The van der Waals surface area contributed by atoms with Crippen molar-refractivity contribution in [2.24, 2.45) is 22.7 Å². The van der Waals surface area contributed by atoms with E-state index in [4.69, 9.17) is 0 Å². The highest BCUT2D eigenvalue weighted by Gasteiger charge is 2.46. The van der Waals surface area contributed by atoms with E-state index in [9.17, 15) is 0 Å². The summed E-state index contributed by atoms with van der Waals surface area (Å²) in [6.45, 7) is 23.0. The van der Waals surface area contributed by atoms with Crippen LogP contribution in [0.2, 0.25) is 0 Å². The zero-order valence-electron chi connectivity index (χ0n) is 24.3. The molecular formula is C35H53N. The van der Waals surface area contributed by atoms with Crippen LogP contribution in [-0.2, 0) is 0 Å². The van der Waals surface area contributed by atoms with Gasteiger partial charge in [-0.15, -0.1) is 0 Å². The molecule has 0 aliphatic heterocycles. The zero-order valence-corrected chi connectivity index (χ0v) is 24.3. The maximum Gasteiger partial charge on any atom is 0.0302 e. The monoisotopic (exact) mass is 487 g/mol. The van der Waals surface area contributed by atoms with E-state index in [0.717, 1.165) is 24.3 Å². The van der Waals surface area contributed by atoms with Gasteiger partial charge in [0.25, 0.3) is 0 Å². The molecule has 2 aliphatic rings. The van der Waals surface area contributed by atoms with E-state index in [1.807, 2.05) is 6.20 Å². The highest BCUT2D eigenvalue weighted by molar-refractivity contribution is 5.43. The molecule has 0 bridgehead atoms. The fraction of sp³-hybridized carbons (Fsp3) is 0.629. The second kappa shape index (κ2) is 12.6. The number of rotatable bonds is 10. The van der Waals surface area contributed by atoms with Gasteiger partial charge in [0.2, 0.25) is 0 Å². The van der Waals surface area contributed by atoms with Gasteiger partial charge in [-0.05, 0) is 122 Å². The van der Waals surface area contributed by atoms with Crippen molar-refractivity contribution in [2.75, 3.05) is 0 Å². The summed E-state index contributed by atoms with van der Waals surface area (Å²) < 4.78 is 0. The lowest BCUT2D eigenvalue weighted by Crippen LogP contribution is -2.39. The summed E-state index contributed by atoms with van der Waals surface area (Å²) in [6.07, 6.45) is 22.7. The molecule has 2 aliphatic carbocycles. The Morgan fingerprint density at radius 3 is 2.42 bits per heavy atom. The summed E-state index contributed by atoms with van der Waals surface area (Å²) in [4.78, 5) is 4.46. The lowest BCUT2D eigenvalue weighted by molar-refractivity contribution is 0.0355. The minimum atomic E-state index is 0.163. The normalized spacial score (nSPS) is 29.5. The number of nitrogens with zero attached hydrogens (tertiary/aromatic N) is 1. The molecule has 3 rings (SSSR count). The maximum absolute atomic E-state index is 4.62. The highest BCUT2D eigenvalue weighted by atomic mass is 14.6. The van der Waals surface area contributed by atoms with Crippen molar-refractivity contribution < 1.29 is 0 Å². The van der Waals surface area contributed by atoms with Crippen LogP contribution in [0.4, 0.5) is 0 Å². The number of hydrogen-bond acceptors (Lipinski definition) is 1. The lowest BCUT2D eigenvalue weighted by atomic mass is 9.53. The van der Waals surface area contributed by atoms with Crippen molar-refractivity contribution in [3.8, 4) is 0 Å². The number of aromatic nitrogens is 1. The van der Waals surface area contributed by atoms with Gasteiger partial charge in [-0.2, -0.15) is 0 Å². The van der Waals surface area contributed by atoms with Gasteiger partial charge in [0, 0.05) is 12.4 Å². The van der Waals surface area contributed by atoms with Gasteiger partial charge in [-0.25, -0.2) is 0 Å². The molecule has 1 nitrogen and oxygen atoms in total. The molecule has 36 heavy (non-hydrogen) atoms. The second-order valence-electron chi connectivity index (χ2n) is 12.9. The summed E-state index contributed by atoms with van der Waals surface area (Å²) in [5.74, 6) is 2.19. The van der Waals surface area contributed by atoms with Gasteiger partial charge in [0.05, 0.1) is 0 Å². The van der Waals surface area contributed by atoms with Crippen molar-refractivity contribution in [3.63, 3.8) is 0 Å². The lowest BCUT2D eigenvalue weighted by Gasteiger charge is -2.51. The summed E-state index contributed by atoms with van der Waals surface area (Å²) >= 11 is 0. The largest absolute Gasteiger partial charge is 0.264 e. The van der Waals surface area contributed by atoms with E-state index >= 15 is 0 Å². The minimum Gasteiger partial charge on any atom is -0.264 e. The Bertz CT molecular complexity index is 936. The smallest absolute Gasteiger partial charge is 0.0302 e. The molecule has 0 amide bonds. The fourth-order valence-electron chi connectivity index (χ4n) is 7.07. The number of allylic oxidation sites excluding steroid dienone is 6. The SMILES string of the molecule is C=C(/C=C\C(CC(C)C)=C(/C)CC)C(=C)C1(C)CCC2(CC1)CC(CCC)CC(c1cccnc1)C2. The van der Waals surface area contributed by atoms with Crippen LogP contribution in [0, 0.1) is 22.7 Å². The quantitative estimate of drug-likeness (QED) is 0.299. The third kappa shape index (κ3) is 7.11. The molecule has 1 spiro atoms. The third-order valence-electron chi connectivity index (χ3n) is 9.59. The zero-order chi connectivity index (χ0) is 26.3. The molecule has 0 saturated heterocycles. The van der Waals surface area contributed by atoms with Gasteiger partial charge < -0.3 is 0 Å². The summed E-state index contributed by atoms with van der Waals surface area (Å²) in [5.41, 5.74) is 7.46. The molecule has 1 heterocycles. The van der Waals surface area contributed by atoms with Crippen LogP contribution in [0.1, 0.15) is 124 Å². The Morgan fingerprint density at radius 1 is 1.11 bits per heavy atom. The average Bonchev–Trinajstić information content (AvgIpc) is 2.87. The van der Waals surface area contributed by atoms with Crippen LogP contribution in [0.15, 0.2) is 72.1 Å². The molecule has 198 valence electrons. The average molecular weight is 488 g/mol. The first-order valence-electron chi connectivity index (χ1n) is 14.8. The van der Waals surface area contributed by atoms with Crippen LogP contribution in [0.5, 0.6) is 0 Å². The van der Waals surface area contributed by atoms with Crippen LogP contribution in [0.25, 0.3) is 0 Å². The Hall–Kier alpha value is -1.89. The molecule has 1 heteroatoms. The molecule has 0 radical (unpaired) electrons. The predicted octanol–water partition coefficient (Wildman–Crippen LogP) is 10.8. The van der Waals surface area contributed by atoms with Crippen LogP contribution in [-0.4, -0.2) is 4.98 Å². The molecule has 1 aromatic rings. The highest BCUT2D eigenvalue weighted by Crippen LogP contribution is 2.59.